The molecule has 0 aliphatic heterocycles. The van der Waals surface area contributed by atoms with E-state index in [1.165, 1.54) is 0 Å². The molecule has 0 radical (unpaired) electrons. The van der Waals surface area contributed by atoms with E-state index < -0.39 is 0 Å². The van der Waals surface area contributed by atoms with E-state index in [2.05, 4.69) is 15.7 Å². The molecule has 2 N–H and O–H groups in total. The van der Waals surface area contributed by atoms with Gasteiger partial charge in [-0.2, -0.15) is 5.10 Å². The summed E-state index contributed by atoms with van der Waals surface area (Å²) >= 11 is 0. The number of carbonyl (C=O) groups excluding carboxylic acids is 1. The predicted octanol–water partition coefficient (Wildman–Crippen LogP) is 1.55. The van der Waals surface area contributed by atoms with Crippen LogP contribution in [0, 0.1) is 6.92 Å². The molecule has 1 aromatic heterocycles. The number of nitrogens with one attached hydrogen (secondary N) is 2. The number of likely N-dealkylation sites (N-methyl/N-ethyl adjacent to an activating group) is 1. The molecule has 0 fully saturated rings. The molecule has 2 aromatic rings. The van der Waals surface area contributed by atoms with Crippen molar-refractivity contribution in [3.8, 4) is 5.69 Å². The smallest absolute Gasteiger partial charge is 0.254 e. The zero-order chi connectivity index (χ0) is 13.7. The number of benzene rings is 1. The van der Waals surface area contributed by atoms with Gasteiger partial charge < -0.3 is 10.6 Å². The first kappa shape index (κ1) is 16.2. The van der Waals surface area contributed by atoms with Crippen LogP contribution in [0.15, 0.2) is 36.5 Å². The minimum Gasteiger partial charge on any atom is -0.351 e. The van der Waals surface area contributed by atoms with E-state index >= 15 is 0 Å². The second kappa shape index (κ2) is 7.67. The van der Waals surface area contributed by atoms with E-state index in [4.69, 9.17) is 0 Å². The molecule has 0 saturated carbocycles. The van der Waals surface area contributed by atoms with Crippen LogP contribution in [0.3, 0.4) is 0 Å². The number of hydrogen-bond donors (Lipinski definition) is 2. The maximum Gasteiger partial charge on any atom is 0.254 e. The molecule has 1 aromatic carbocycles. The summed E-state index contributed by atoms with van der Waals surface area (Å²) in [6, 6.07) is 9.77. The van der Waals surface area contributed by atoms with Crippen LogP contribution in [-0.4, -0.2) is 35.8 Å². The maximum atomic E-state index is 12.0. The number of hydrogen-bond acceptors (Lipinski definition) is 3. The molecule has 0 saturated heterocycles. The highest BCUT2D eigenvalue weighted by Crippen LogP contribution is 2.13. The standard InChI is InChI=1S/C14H18N4O.ClH/c1-11-13(14(19)16-9-8-15-2)10-17-18(11)12-6-4-3-5-7-12;/h3-7,10,15H,8-9H2,1-2H3,(H,16,19);1H. The second-order valence-corrected chi connectivity index (χ2v) is 4.25. The van der Waals surface area contributed by atoms with Crippen molar-refractivity contribution in [1.29, 1.82) is 0 Å². The Morgan fingerprint density at radius 2 is 1.95 bits per heavy atom. The average molecular weight is 295 g/mol. The van der Waals surface area contributed by atoms with Crippen LogP contribution in [0.1, 0.15) is 16.1 Å². The third-order valence-electron chi connectivity index (χ3n) is 2.92. The summed E-state index contributed by atoms with van der Waals surface area (Å²) in [5.74, 6) is -0.0880. The Morgan fingerprint density at radius 1 is 1.25 bits per heavy atom. The fourth-order valence-electron chi connectivity index (χ4n) is 1.86. The molecule has 0 aliphatic rings. The summed E-state index contributed by atoms with van der Waals surface area (Å²) in [4.78, 5) is 12.0. The van der Waals surface area contributed by atoms with E-state index in [-0.39, 0.29) is 18.3 Å². The average Bonchev–Trinajstić information content (AvgIpc) is 2.82. The van der Waals surface area contributed by atoms with Crippen molar-refractivity contribution < 1.29 is 4.79 Å². The van der Waals surface area contributed by atoms with Gasteiger partial charge in [-0.3, -0.25) is 4.79 Å². The van der Waals surface area contributed by atoms with Gasteiger partial charge in [-0.25, -0.2) is 4.68 Å². The highest BCUT2D eigenvalue weighted by molar-refractivity contribution is 5.95. The van der Waals surface area contributed by atoms with Crippen LogP contribution in [0.2, 0.25) is 0 Å². The predicted molar refractivity (Wildman–Crippen MR) is 81.8 cm³/mol. The fraction of sp³-hybridized carbons (Fsp3) is 0.286. The number of aromatic nitrogens is 2. The van der Waals surface area contributed by atoms with Crippen molar-refractivity contribution in [3.63, 3.8) is 0 Å². The zero-order valence-electron chi connectivity index (χ0n) is 11.6. The monoisotopic (exact) mass is 294 g/mol. The van der Waals surface area contributed by atoms with Gasteiger partial charge in [-0.15, -0.1) is 12.4 Å². The lowest BCUT2D eigenvalue weighted by Crippen LogP contribution is -2.30. The Bertz CT molecular complexity index is 554. The zero-order valence-corrected chi connectivity index (χ0v) is 12.4. The fourth-order valence-corrected chi connectivity index (χ4v) is 1.86. The van der Waals surface area contributed by atoms with Crippen molar-refractivity contribution in [3.05, 3.63) is 47.8 Å². The maximum absolute atomic E-state index is 12.0. The van der Waals surface area contributed by atoms with Crippen molar-refractivity contribution in [2.24, 2.45) is 0 Å². The molecular weight excluding hydrogens is 276 g/mol. The number of rotatable bonds is 5. The van der Waals surface area contributed by atoms with Gasteiger partial charge in [-0.1, -0.05) is 18.2 Å². The largest absolute Gasteiger partial charge is 0.351 e. The van der Waals surface area contributed by atoms with Crippen LogP contribution in [0.5, 0.6) is 0 Å². The highest BCUT2D eigenvalue weighted by atomic mass is 35.5. The van der Waals surface area contributed by atoms with Crippen LogP contribution in [-0.2, 0) is 0 Å². The van der Waals surface area contributed by atoms with Crippen molar-refractivity contribution in [2.45, 2.75) is 6.92 Å². The first-order valence-corrected chi connectivity index (χ1v) is 6.27. The van der Waals surface area contributed by atoms with Crippen LogP contribution >= 0.6 is 12.4 Å². The quantitative estimate of drug-likeness (QED) is 0.823. The minimum absolute atomic E-state index is 0. The summed E-state index contributed by atoms with van der Waals surface area (Å²) < 4.78 is 1.77. The summed E-state index contributed by atoms with van der Waals surface area (Å²) in [6.07, 6.45) is 1.61. The van der Waals surface area contributed by atoms with Crippen molar-refractivity contribution in [1.82, 2.24) is 20.4 Å². The number of nitrogens with zero attached hydrogens (tertiary/aromatic N) is 2. The summed E-state index contributed by atoms with van der Waals surface area (Å²) in [6.45, 7) is 3.25. The first-order valence-electron chi connectivity index (χ1n) is 6.27. The number of amides is 1. The number of para-hydroxylation sites is 1. The van der Waals surface area contributed by atoms with Crippen molar-refractivity contribution >= 4 is 18.3 Å². The molecule has 0 aliphatic carbocycles. The van der Waals surface area contributed by atoms with Crippen LogP contribution in [0.25, 0.3) is 5.69 Å². The Kier molecular flexibility index (Phi) is 6.21. The molecule has 0 spiro atoms. The lowest BCUT2D eigenvalue weighted by Gasteiger charge is -2.06. The Labute approximate surface area is 124 Å². The molecular formula is C14H19ClN4O. The molecule has 0 atom stereocenters. The van der Waals surface area contributed by atoms with Gasteiger partial charge in [0.15, 0.2) is 0 Å². The number of carbonyl (C=O) groups is 1. The molecule has 108 valence electrons. The highest BCUT2D eigenvalue weighted by Gasteiger charge is 2.14. The lowest BCUT2D eigenvalue weighted by molar-refractivity contribution is 0.0953. The normalized spacial score (nSPS) is 9.90. The summed E-state index contributed by atoms with van der Waals surface area (Å²) in [5.41, 5.74) is 2.40. The Morgan fingerprint density at radius 3 is 2.60 bits per heavy atom. The molecule has 0 bridgehead atoms. The van der Waals surface area contributed by atoms with E-state index in [1.54, 1.807) is 10.9 Å². The molecule has 20 heavy (non-hydrogen) atoms. The van der Waals surface area contributed by atoms with E-state index in [1.807, 2.05) is 44.3 Å². The molecule has 6 heteroatoms. The molecule has 1 heterocycles. The Hall–Kier alpha value is -1.85. The second-order valence-electron chi connectivity index (χ2n) is 4.25. The Balaban J connectivity index is 0.00000200. The molecule has 1 amide bonds. The van der Waals surface area contributed by atoms with E-state index in [9.17, 15) is 4.79 Å². The molecule has 5 nitrogen and oxygen atoms in total. The first-order chi connectivity index (χ1) is 9.24. The van der Waals surface area contributed by atoms with Crippen LogP contribution < -0.4 is 10.6 Å². The summed E-state index contributed by atoms with van der Waals surface area (Å²) in [7, 11) is 1.85. The SMILES string of the molecule is CNCCNC(=O)c1cnn(-c2ccccc2)c1C.Cl. The van der Waals surface area contributed by atoms with Gasteiger partial charge in [-0.05, 0) is 26.1 Å². The van der Waals surface area contributed by atoms with Gasteiger partial charge in [0.25, 0.3) is 5.91 Å². The van der Waals surface area contributed by atoms with Gasteiger partial charge in [0, 0.05) is 13.1 Å². The van der Waals surface area contributed by atoms with Gasteiger partial charge in [0.05, 0.1) is 23.1 Å². The van der Waals surface area contributed by atoms with E-state index in [0.29, 0.717) is 12.1 Å². The van der Waals surface area contributed by atoms with Gasteiger partial charge in [0.2, 0.25) is 0 Å². The van der Waals surface area contributed by atoms with Gasteiger partial charge in [0.1, 0.15) is 0 Å². The third kappa shape index (κ3) is 3.59. The van der Waals surface area contributed by atoms with Crippen molar-refractivity contribution in [2.75, 3.05) is 20.1 Å². The lowest BCUT2D eigenvalue weighted by atomic mass is 10.2. The van der Waals surface area contributed by atoms with Gasteiger partial charge >= 0.3 is 0 Å². The minimum atomic E-state index is -0.0880. The van der Waals surface area contributed by atoms with Crippen LogP contribution in [0.4, 0.5) is 0 Å². The van der Waals surface area contributed by atoms with E-state index in [0.717, 1.165) is 17.9 Å². The third-order valence-corrected chi connectivity index (χ3v) is 2.92. The molecule has 2 rings (SSSR count). The molecule has 0 unspecified atom stereocenters. The topological polar surface area (TPSA) is 58.9 Å². The summed E-state index contributed by atoms with van der Waals surface area (Å²) in [5, 5.41) is 10.1. The number of halogens is 1.